The van der Waals surface area contributed by atoms with Crippen LogP contribution in [0.5, 0.6) is 0 Å². The number of hydrazine groups is 1. The summed E-state index contributed by atoms with van der Waals surface area (Å²) in [6.45, 7) is 2.36. The molecular weight excluding hydrogens is 304 g/mol. The topological polar surface area (TPSA) is 82.3 Å². The quantitative estimate of drug-likeness (QED) is 0.667. The fourth-order valence-corrected chi connectivity index (χ4v) is 2.80. The molecule has 0 radical (unpaired) electrons. The van der Waals surface area contributed by atoms with Crippen LogP contribution in [0.3, 0.4) is 0 Å². The maximum Gasteiger partial charge on any atom is 0.251 e. The van der Waals surface area contributed by atoms with E-state index in [1.54, 1.807) is 6.07 Å². The molecule has 24 heavy (non-hydrogen) atoms. The van der Waals surface area contributed by atoms with Crippen molar-refractivity contribution in [2.24, 2.45) is 0 Å². The maximum absolute atomic E-state index is 12.2. The molecule has 126 valence electrons. The second kappa shape index (κ2) is 7.42. The summed E-state index contributed by atoms with van der Waals surface area (Å²) in [4.78, 5) is 24.1. The van der Waals surface area contributed by atoms with Crippen LogP contribution in [-0.4, -0.2) is 30.6 Å². The zero-order chi connectivity index (χ0) is 16.9. The second-order valence-electron chi connectivity index (χ2n) is 6.11. The van der Waals surface area contributed by atoms with Gasteiger partial charge >= 0.3 is 0 Å². The molecule has 2 aromatic carbocycles. The van der Waals surface area contributed by atoms with Crippen LogP contribution in [-0.2, 0) is 4.79 Å². The molecule has 1 saturated heterocycles. The Bertz CT molecular complexity index is 747. The number of amides is 2. The largest absolute Gasteiger partial charge is 0.352 e. The standard InChI is InChI=1S/C18H22N4O2/c1-12-10-16(22-21-12)20-17(23)8-9-19-18(24)15-7-6-13-4-2-3-5-14(13)11-15/h2-7,11-12,16,21-22H,8-10H2,1H3,(H,19,24)(H,20,23). The molecule has 2 amide bonds. The van der Waals surface area contributed by atoms with E-state index in [0.717, 1.165) is 17.2 Å². The molecule has 0 saturated carbocycles. The molecule has 1 heterocycles. The second-order valence-corrected chi connectivity index (χ2v) is 6.11. The van der Waals surface area contributed by atoms with Gasteiger partial charge in [-0.15, -0.1) is 0 Å². The predicted molar refractivity (Wildman–Crippen MR) is 93.2 cm³/mol. The van der Waals surface area contributed by atoms with Crippen LogP contribution in [0.15, 0.2) is 42.5 Å². The van der Waals surface area contributed by atoms with Crippen molar-refractivity contribution in [3.63, 3.8) is 0 Å². The van der Waals surface area contributed by atoms with Crippen molar-refractivity contribution >= 4 is 22.6 Å². The molecule has 0 spiro atoms. The van der Waals surface area contributed by atoms with Crippen molar-refractivity contribution in [3.05, 3.63) is 48.0 Å². The smallest absolute Gasteiger partial charge is 0.251 e. The van der Waals surface area contributed by atoms with E-state index in [-0.39, 0.29) is 24.4 Å². The summed E-state index contributed by atoms with van der Waals surface area (Å²) in [5.74, 6) is -0.245. The van der Waals surface area contributed by atoms with E-state index in [9.17, 15) is 9.59 Å². The number of carbonyl (C=O) groups excluding carboxylic acids is 2. The van der Waals surface area contributed by atoms with Crippen LogP contribution in [0.25, 0.3) is 10.8 Å². The average molecular weight is 326 g/mol. The van der Waals surface area contributed by atoms with E-state index < -0.39 is 0 Å². The van der Waals surface area contributed by atoms with Crippen LogP contribution in [0.2, 0.25) is 0 Å². The zero-order valence-corrected chi connectivity index (χ0v) is 13.6. The number of nitrogens with one attached hydrogen (secondary N) is 4. The molecule has 2 aromatic rings. The molecule has 0 aromatic heterocycles. The lowest BCUT2D eigenvalue weighted by atomic mass is 10.1. The normalized spacial score (nSPS) is 20.0. The minimum Gasteiger partial charge on any atom is -0.352 e. The Morgan fingerprint density at radius 2 is 1.92 bits per heavy atom. The molecule has 4 N–H and O–H groups in total. The lowest BCUT2D eigenvalue weighted by Gasteiger charge is -2.12. The third-order valence-electron chi connectivity index (χ3n) is 4.08. The number of fused-ring (bicyclic) bond motifs is 1. The summed E-state index contributed by atoms with van der Waals surface area (Å²) in [5, 5.41) is 7.80. The average Bonchev–Trinajstić information content (AvgIpc) is 2.99. The summed E-state index contributed by atoms with van der Waals surface area (Å²) in [6, 6.07) is 13.8. The summed E-state index contributed by atoms with van der Waals surface area (Å²) in [7, 11) is 0. The fraction of sp³-hybridized carbons (Fsp3) is 0.333. The highest BCUT2D eigenvalue weighted by molar-refractivity contribution is 5.98. The van der Waals surface area contributed by atoms with Gasteiger partial charge in [-0.25, -0.2) is 5.43 Å². The van der Waals surface area contributed by atoms with Gasteiger partial charge in [0.2, 0.25) is 5.91 Å². The van der Waals surface area contributed by atoms with E-state index in [1.807, 2.05) is 43.3 Å². The summed E-state index contributed by atoms with van der Waals surface area (Å²) in [5.41, 5.74) is 6.66. The lowest BCUT2D eigenvalue weighted by Crippen LogP contribution is -2.45. The summed E-state index contributed by atoms with van der Waals surface area (Å²) < 4.78 is 0. The molecule has 6 heteroatoms. The van der Waals surface area contributed by atoms with E-state index in [2.05, 4.69) is 21.5 Å². The van der Waals surface area contributed by atoms with Crippen LogP contribution < -0.4 is 21.5 Å². The van der Waals surface area contributed by atoms with E-state index in [1.165, 1.54) is 0 Å². The highest BCUT2D eigenvalue weighted by Gasteiger charge is 2.21. The highest BCUT2D eigenvalue weighted by atomic mass is 16.2. The monoisotopic (exact) mass is 326 g/mol. The zero-order valence-electron chi connectivity index (χ0n) is 13.6. The van der Waals surface area contributed by atoms with Crippen molar-refractivity contribution in [1.29, 1.82) is 0 Å². The molecule has 6 nitrogen and oxygen atoms in total. The van der Waals surface area contributed by atoms with Gasteiger partial charge in [0.1, 0.15) is 0 Å². The fourth-order valence-electron chi connectivity index (χ4n) is 2.80. The van der Waals surface area contributed by atoms with Crippen molar-refractivity contribution in [1.82, 2.24) is 21.5 Å². The van der Waals surface area contributed by atoms with Crippen LogP contribution in [0.4, 0.5) is 0 Å². The molecule has 0 aliphatic carbocycles. The molecule has 3 rings (SSSR count). The van der Waals surface area contributed by atoms with Crippen LogP contribution in [0.1, 0.15) is 30.1 Å². The van der Waals surface area contributed by atoms with Crippen molar-refractivity contribution in [3.8, 4) is 0 Å². The van der Waals surface area contributed by atoms with Crippen molar-refractivity contribution in [2.75, 3.05) is 6.54 Å². The Morgan fingerprint density at radius 1 is 1.12 bits per heavy atom. The van der Waals surface area contributed by atoms with Gasteiger partial charge in [-0.05, 0) is 36.2 Å². The number of hydrogen-bond acceptors (Lipinski definition) is 4. The minimum atomic E-state index is -0.164. The third kappa shape index (κ3) is 4.10. The van der Waals surface area contributed by atoms with Crippen LogP contribution >= 0.6 is 0 Å². The van der Waals surface area contributed by atoms with E-state index in [0.29, 0.717) is 18.2 Å². The number of carbonyl (C=O) groups is 2. The Morgan fingerprint density at radius 3 is 2.67 bits per heavy atom. The van der Waals surface area contributed by atoms with Gasteiger partial charge in [0, 0.05) is 24.6 Å². The molecule has 1 fully saturated rings. The Balaban J connectivity index is 1.47. The van der Waals surface area contributed by atoms with Gasteiger partial charge in [0.05, 0.1) is 6.17 Å². The first-order valence-corrected chi connectivity index (χ1v) is 8.19. The van der Waals surface area contributed by atoms with Gasteiger partial charge in [-0.1, -0.05) is 30.3 Å². The summed E-state index contributed by atoms with van der Waals surface area (Å²) >= 11 is 0. The minimum absolute atomic E-state index is 0.0521. The molecular formula is C18H22N4O2. The maximum atomic E-state index is 12.2. The molecule has 2 unspecified atom stereocenters. The molecule has 1 aliphatic heterocycles. The summed E-state index contributed by atoms with van der Waals surface area (Å²) in [6.07, 6.45) is 1.05. The molecule has 2 atom stereocenters. The first-order chi connectivity index (χ1) is 11.6. The van der Waals surface area contributed by atoms with Gasteiger partial charge in [-0.3, -0.25) is 15.0 Å². The highest BCUT2D eigenvalue weighted by Crippen LogP contribution is 2.15. The SMILES string of the molecule is CC1CC(NC(=O)CCNC(=O)c2ccc3ccccc3c2)NN1. The van der Waals surface area contributed by atoms with Gasteiger partial charge in [0.25, 0.3) is 5.91 Å². The number of hydrogen-bond donors (Lipinski definition) is 4. The molecule has 1 aliphatic rings. The van der Waals surface area contributed by atoms with Gasteiger partial charge < -0.3 is 10.6 Å². The van der Waals surface area contributed by atoms with Crippen molar-refractivity contribution in [2.45, 2.75) is 32.0 Å². The van der Waals surface area contributed by atoms with E-state index in [4.69, 9.17) is 0 Å². The Kier molecular flexibility index (Phi) is 5.08. The first kappa shape index (κ1) is 16.4. The molecule has 0 bridgehead atoms. The predicted octanol–water partition coefficient (Wildman–Crippen LogP) is 1.29. The van der Waals surface area contributed by atoms with E-state index >= 15 is 0 Å². The first-order valence-electron chi connectivity index (χ1n) is 8.19. The Labute approximate surface area is 141 Å². The number of benzene rings is 2. The third-order valence-corrected chi connectivity index (χ3v) is 4.08. The lowest BCUT2D eigenvalue weighted by molar-refractivity contribution is -0.121. The van der Waals surface area contributed by atoms with Crippen LogP contribution in [0, 0.1) is 0 Å². The van der Waals surface area contributed by atoms with Gasteiger partial charge in [0.15, 0.2) is 0 Å². The Hall–Kier alpha value is -2.44. The van der Waals surface area contributed by atoms with Gasteiger partial charge in [-0.2, -0.15) is 0 Å². The van der Waals surface area contributed by atoms with Crippen molar-refractivity contribution < 1.29 is 9.59 Å². The number of rotatable bonds is 5.